The van der Waals surface area contributed by atoms with Gasteiger partial charge < -0.3 is 4.74 Å². The fourth-order valence-electron chi connectivity index (χ4n) is 1.82. The highest BCUT2D eigenvalue weighted by atomic mass is 16.5. The second kappa shape index (κ2) is 15.6. The predicted octanol–water partition coefficient (Wildman–Crippen LogP) is 7.49. The lowest BCUT2D eigenvalue weighted by Crippen LogP contribution is -2.01. The molecule has 0 bridgehead atoms. The van der Waals surface area contributed by atoms with Crippen LogP contribution in [-0.4, -0.2) is 0 Å². The lowest BCUT2D eigenvalue weighted by Gasteiger charge is -2.19. The predicted molar refractivity (Wildman–Crippen MR) is 101 cm³/mol. The van der Waals surface area contributed by atoms with Crippen LogP contribution >= 0.6 is 0 Å². The molecule has 0 radical (unpaired) electrons. The van der Waals surface area contributed by atoms with Crippen LogP contribution in [0.3, 0.4) is 0 Å². The normalized spacial score (nSPS) is 9.09. The molecule has 2 aromatic carbocycles. The zero-order valence-electron chi connectivity index (χ0n) is 15.7. The lowest BCUT2D eigenvalue weighted by molar-refractivity contribution is 0.460. The van der Waals surface area contributed by atoms with Gasteiger partial charge in [-0.2, -0.15) is 0 Å². The van der Waals surface area contributed by atoms with Crippen LogP contribution in [0.1, 0.15) is 66.5 Å². The van der Waals surface area contributed by atoms with E-state index in [9.17, 15) is 0 Å². The zero-order chi connectivity index (χ0) is 17.4. The largest absolute Gasteiger partial charge is 0.457 e. The van der Waals surface area contributed by atoms with Crippen molar-refractivity contribution in [2.75, 3.05) is 0 Å². The van der Waals surface area contributed by atoms with Gasteiger partial charge in [0.1, 0.15) is 11.5 Å². The molecule has 124 valence electrons. The Morgan fingerprint density at radius 3 is 1.23 bits per heavy atom. The Kier molecular flexibility index (Phi) is 16.0. The quantitative estimate of drug-likeness (QED) is 0.418. The van der Waals surface area contributed by atoms with Crippen molar-refractivity contribution in [1.82, 2.24) is 0 Å². The van der Waals surface area contributed by atoms with Gasteiger partial charge in [0.05, 0.1) is 0 Å². The van der Waals surface area contributed by atoms with Crippen molar-refractivity contribution in [2.45, 2.75) is 61.8 Å². The van der Waals surface area contributed by atoms with Crippen molar-refractivity contribution >= 4 is 0 Å². The van der Waals surface area contributed by atoms with Gasteiger partial charge in [0.25, 0.3) is 0 Å². The van der Waals surface area contributed by atoms with Crippen LogP contribution in [0, 0.1) is 0 Å². The lowest BCUT2D eigenvalue weighted by atomic mass is 10.0. The summed E-state index contributed by atoms with van der Waals surface area (Å²) in [5, 5.41) is 0. The van der Waals surface area contributed by atoms with Crippen LogP contribution < -0.4 is 4.74 Å². The van der Waals surface area contributed by atoms with Crippen LogP contribution in [-0.2, 0) is 6.42 Å². The minimum Gasteiger partial charge on any atom is -0.457 e. The molecule has 0 fully saturated rings. The first-order chi connectivity index (χ1) is 10.9. The molecule has 0 unspecified atom stereocenters. The van der Waals surface area contributed by atoms with Crippen molar-refractivity contribution in [3.8, 4) is 11.5 Å². The molecule has 0 saturated carbocycles. The van der Waals surface area contributed by atoms with Gasteiger partial charge in [-0.15, -0.1) is 0 Å². The molecule has 0 spiro atoms. The summed E-state index contributed by atoms with van der Waals surface area (Å²) in [5.74, 6) is 1.98. The second-order valence-corrected chi connectivity index (χ2v) is 3.49. The van der Waals surface area contributed by atoms with Crippen molar-refractivity contribution in [2.24, 2.45) is 0 Å². The molecule has 1 aliphatic rings. The minimum absolute atomic E-state index is 0.979. The third kappa shape index (κ3) is 6.80. The Hall–Kier alpha value is -1.76. The maximum atomic E-state index is 5.78. The SMILES string of the molecule is CC.CC.CC.CC.c1ccc2c(c1)Cc1ccccc1O2. The van der Waals surface area contributed by atoms with E-state index in [2.05, 4.69) is 24.3 Å². The van der Waals surface area contributed by atoms with Gasteiger partial charge in [0.2, 0.25) is 0 Å². The summed E-state index contributed by atoms with van der Waals surface area (Å²) >= 11 is 0. The van der Waals surface area contributed by atoms with E-state index in [1.165, 1.54) is 11.1 Å². The molecule has 0 atom stereocenters. The molecule has 1 heteroatoms. The fourth-order valence-corrected chi connectivity index (χ4v) is 1.82. The Bertz CT molecular complexity index is 387. The summed E-state index contributed by atoms with van der Waals surface area (Å²) in [6.07, 6.45) is 0.979. The molecule has 1 aliphatic heterocycles. The van der Waals surface area contributed by atoms with E-state index in [1.807, 2.05) is 79.7 Å². The highest BCUT2D eigenvalue weighted by Crippen LogP contribution is 2.35. The van der Waals surface area contributed by atoms with Crippen molar-refractivity contribution in [3.63, 3.8) is 0 Å². The first kappa shape index (κ1) is 22.5. The number of ether oxygens (including phenoxy) is 1. The maximum Gasteiger partial charge on any atom is 0.130 e. The van der Waals surface area contributed by atoms with Gasteiger partial charge in [-0.05, 0) is 23.3 Å². The third-order valence-electron chi connectivity index (χ3n) is 2.55. The van der Waals surface area contributed by atoms with E-state index >= 15 is 0 Å². The molecule has 3 rings (SSSR count). The first-order valence-corrected chi connectivity index (χ1v) is 8.77. The zero-order valence-corrected chi connectivity index (χ0v) is 15.7. The Morgan fingerprint density at radius 2 is 0.864 bits per heavy atom. The number of para-hydroxylation sites is 2. The number of hydrogen-bond acceptors (Lipinski definition) is 1. The average molecular weight is 303 g/mol. The smallest absolute Gasteiger partial charge is 0.130 e. The molecule has 22 heavy (non-hydrogen) atoms. The van der Waals surface area contributed by atoms with Gasteiger partial charge in [-0.25, -0.2) is 0 Å². The van der Waals surface area contributed by atoms with E-state index in [1.54, 1.807) is 0 Å². The van der Waals surface area contributed by atoms with Gasteiger partial charge in [-0.3, -0.25) is 0 Å². The Morgan fingerprint density at radius 1 is 0.545 bits per heavy atom. The van der Waals surface area contributed by atoms with E-state index in [0.29, 0.717) is 0 Å². The summed E-state index contributed by atoms with van der Waals surface area (Å²) in [6, 6.07) is 16.4. The van der Waals surface area contributed by atoms with Gasteiger partial charge in [0, 0.05) is 6.42 Å². The second-order valence-electron chi connectivity index (χ2n) is 3.49. The highest BCUT2D eigenvalue weighted by Gasteiger charge is 2.14. The monoisotopic (exact) mass is 302 g/mol. The molecular formula is C21H34O. The Labute approximate surface area is 138 Å². The molecule has 0 aromatic heterocycles. The van der Waals surface area contributed by atoms with E-state index in [-0.39, 0.29) is 0 Å². The van der Waals surface area contributed by atoms with Gasteiger partial charge >= 0.3 is 0 Å². The molecule has 1 nitrogen and oxygen atoms in total. The number of rotatable bonds is 0. The molecule has 2 aromatic rings. The summed E-state index contributed by atoms with van der Waals surface area (Å²) in [7, 11) is 0. The average Bonchev–Trinajstić information content (AvgIpc) is 2.66. The van der Waals surface area contributed by atoms with Crippen LogP contribution in [0.25, 0.3) is 0 Å². The molecule has 0 amide bonds. The fraction of sp³-hybridized carbons (Fsp3) is 0.429. The van der Waals surface area contributed by atoms with E-state index < -0.39 is 0 Å². The number of benzene rings is 2. The topological polar surface area (TPSA) is 9.23 Å². The van der Waals surface area contributed by atoms with Crippen LogP contribution in [0.4, 0.5) is 0 Å². The first-order valence-electron chi connectivity index (χ1n) is 8.77. The molecule has 0 saturated heterocycles. The standard InChI is InChI=1S/C13H10O.4C2H6/c1-3-7-12-10(5-1)9-11-6-2-4-8-13(11)14-12;4*1-2/h1-8H,9H2;4*1-2H3. The Balaban J connectivity index is 0. The van der Waals surface area contributed by atoms with Crippen LogP contribution in [0.15, 0.2) is 48.5 Å². The summed E-state index contributed by atoms with van der Waals surface area (Å²) in [4.78, 5) is 0. The third-order valence-corrected chi connectivity index (χ3v) is 2.55. The highest BCUT2D eigenvalue weighted by molar-refractivity contribution is 5.49. The van der Waals surface area contributed by atoms with Crippen molar-refractivity contribution in [3.05, 3.63) is 59.7 Å². The van der Waals surface area contributed by atoms with E-state index in [0.717, 1.165) is 17.9 Å². The van der Waals surface area contributed by atoms with Crippen LogP contribution in [0.2, 0.25) is 0 Å². The summed E-state index contributed by atoms with van der Waals surface area (Å²) in [6.45, 7) is 16.0. The van der Waals surface area contributed by atoms with Gasteiger partial charge in [-0.1, -0.05) is 91.8 Å². The molecule has 1 heterocycles. The van der Waals surface area contributed by atoms with Gasteiger partial charge in [0.15, 0.2) is 0 Å². The van der Waals surface area contributed by atoms with Crippen LogP contribution in [0.5, 0.6) is 11.5 Å². The summed E-state index contributed by atoms with van der Waals surface area (Å²) < 4.78 is 5.78. The molecule has 0 aliphatic carbocycles. The number of fused-ring (bicyclic) bond motifs is 2. The minimum atomic E-state index is 0.979. The summed E-state index contributed by atoms with van der Waals surface area (Å²) in [5.41, 5.74) is 2.54. The van der Waals surface area contributed by atoms with Crippen molar-refractivity contribution < 1.29 is 4.74 Å². The maximum absolute atomic E-state index is 5.78. The van der Waals surface area contributed by atoms with E-state index in [4.69, 9.17) is 4.74 Å². The molecule has 0 N–H and O–H groups in total. The number of hydrogen-bond donors (Lipinski definition) is 0. The molecular weight excluding hydrogens is 268 g/mol. The van der Waals surface area contributed by atoms with Crippen molar-refractivity contribution in [1.29, 1.82) is 0 Å².